The molecule has 0 aromatic rings. The number of allylic oxidation sites excluding steroid dienone is 2. The first-order valence-corrected chi connectivity index (χ1v) is 30.2. The molecule has 0 heterocycles. The average Bonchev–Trinajstić information content (AvgIpc) is 3.33. The molecule has 0 aromatic heterocycles. The van der Waals surface area contributed by atoms with Crippen molar-refractivity contribution in [2.45, 2.75) is 348 Å². The third kappa shape index (κ3) is 55.0. The van der Waals surface area contributed by atoms with Gasteiger partial charge in [-0.1, -0.05) is 290 Å². The van der Waals surface area contributed by atoms with Crippen molar-refractivity contribution in [1.82, 2.24) is 0 Å². The molecule has 1 atom stereocenters. The number of hydrogen-bond acceptors (Lipinski definition) is 6. The van der Waals surface area contributed by atoms with E-state index in [9.17, 15) is 14.4 Å². The van der Waals surface area contributed by atoms with Crippen molar-refractivity contribution >= 4 is 17.9 Å². The topological polar surface area (TPSA) is 78.9 Å². The molecule has 0 aliphatic heterocycles. The number of carbonyl (C=O) groups is 3. The molecule has 0 spiro atoms. The van der Waals surface area contributed by atoms with Crippen molar-refractivity contribution in [3.05, 3.63) is 12.2 Å². The second-order valence-corrected chi connectivity index (χ2v) is 20.6. The van der Waals surface area contributed by atoms with Crippen LogP contribution in [0.4, 0.5) is 0 Å². The fourth-order valence-electron chi connectivity index (χ4n) is 9.21. The largest absolute Gasteiger partial charge is 0.462 e. The van der Waals surface area contributed by atoms with Gasteiger partial charge in [0.25, 0.3) is 0 Å². The van der Waals surface area contributed by atoms with Gasteiger partial charge in [0.1, 0.15) is 13.2 Å². The predicted molar refractivity (Wildman–Crippen MR) is 289 cm³/mol. The molecule has 0 saturated carbocycles. The highest BCUT2D eigenvalue weighted by molar-refractivity contribution is 5.71. The van der Waals surface area contributed by atoms with Crippen LogP contribution in [-0.4, -0.2) is 37.2 Å². The highest BCUT2D eigenvalue weighted by atomic mass is 16.6. The van der Waals surface area contributed by atoms with E-state index in [1.54, 1.807) is 0 Å². The van der Waals surface area contributed by atoms with Crippen LogP contribution in [0.25, 0.3) is 0 Å². The van der Waals surface area contributed by atoms with E-state index < -0.39 is 6.10 Å². The van der Waals surface area contributed by atoms with Crippen LogP contribution in [0.3, 0.4) is 0 Å². The maximum atomic E-state index is 12.7. The van der Waals surface area contributed by atoms with Crippen molar-refractivity contribution < 1.29 is 28.6 Å². The first-order chi connectivity index (χ1) is 33.0. The molecule has 67 heavy (non-hydrogen) atoms. The van der Waals surface area contributed by atoms with Crippen LogP contribution >= 0.6 is 0 Å². The lowest BCUT2D eigenvalue weighted by molar-refractivity contribution is -0.167. The monoisotopic (exact) mass is 945 g/mol. The van der Waals surface area contributed by atoms with Gasteiger partial charge in [0, 0.05) is 19.3 Å². The van der Waals surface area contributed by atoms with Gasteiger partial charge in [0.05, 0.1) is 0 Å². The van der Waals surface area contributed by atoms with E-state index in [4.69, 9.17) is 14.2 Å². The van der Waals surface area contributed by atoms with Gasteiger partial charge in [-0.3, -0.25) is 14.4 Å². The van der Waals surface area contributed by atoms with Gasteiger partial charge in [0.2, 0.25) is 0 Å². The van der Waals surface area contributed by atoms with Crippen molar-refractivity contribution in [3.8, 4) is 0 Å². The smallest absolute Gasteiger partial charge is 0.306 e. The van der Waals surface area contributed by atoms with Crippen LogP contribution in [0, 0.1) is 0 Å². The SMILES string of the molecule is CCCCCCCCCC/C=C\CCCCCCCCCCCCCCCCCCCCCC(=O)OCC(COC(=O)CCCCCCCCC)OC(=O)CCCCCCCCCCCCC. The molecular weight excluding hydrogens is 829 g/mol. The molecule has 0 rings (SSSR count). The van der Waals surface area contributed by atoms with Crippen LogP contribution in [0.1, 0.15) is 342 Å². The molecule has 6 heteroatoms. The van der Waals surface area contributed by atoms with Crippen LogP contribution < -0.4 is 0 Å². The summed E-state index contributed by atoms with van der Waals surface area (Å²) in [6.07, 6.45) is 65.5. The number of carbonyl (C=O) groups excluding carboxylic acids is 3. The van der Waals surface area contributed by atoms with E-state index in [2.05, 4.69) is 32.9 Å². The van der Waals surface area contributed by atoms with Crippen molar-refractivity contribution in [2.75, 3.05) is 13.2 Å². The molecule has 0 aliphatic rings. The fourth-order valence-corrected chi connectivity index (χ4v) is 9.21. The van der Waals surface area contributed by atoms with Gasteiger partial charge in [-0.15, -0.1) is 0 Å². The minimum absolute atomic E-state index is 0.0639. The van der Waals surface area contributed by atoms with E-state index in [0.717, 1.165) is 57.8 Å². The summed E-state index contributed by atoms with van der Waals surface area (Å²) < 4.78 is 16.8. The fraction of sp³-hybridized carbons (Fsp3) is 0.918. The molecule has 0 aliphatic carbocycles. The highest BCUT2D eigenvalue weighted by Crippen LogP contribution is 2.17. The molecule has 6 nitrogen and oxygen atoms in total. The molecule has 0 N–H and O–H groups in total. The van der Waals surface area contributed by atoms with Crippen molar-refractivity contribution in [1.29, 1.82) is 0 Å². The number of hydrogen-bond donors (Lipinski definition) is 0. The Labute approximate surface area is 418 Å². The third-order valence-electron chi connectivity index (χ3n) is 13.8. The first-order valence-electron chi connectivity index (χ1n) is 30.2. The summed E-state index contributed by atoms with van der Waals surface area (Å²) in [7, 11) is 0. The number of unbranched alkanes of at least 4 members (excludes halogenated alkanes) is 43. The maximum absolute atomic E-state index is 12.7. The zero-order valence-electron chi connectivity index (χ0n) is 45.5. The lowest BCUT2D eigenvalue weighted by Gasteiger charge is -2.18. The van der Waals surface area contributed by atoms with Gasteiger partial charge in [-0.2, -0.15) is 0 Å². The molecular formula is C61H116O6. The van der Waals surface area contributed by atoms with Gasteiger partial charge in [0.15, 0.2) is 6.10 Å². The van der Waals surface area contributed by atoms with Gasteiger partial charge >= 0.3 is 17.9 Å². The Bertz CT molecular complexity index is 1040. The Balaban J connectivity index is 3.90. The minimum atomic E-state index is -0.760. The maximum Gasteiger partial charge on any atom is 0.306 e. The number of rotatable bonds is 56. The Morgan fingerprint density at radius 3 is 0.746 bits per heavy atom. The summed E-state index contributed by atoms with van der Waals surface area (Å²) in [4.78, 5) is 37.8. The van der Waals surface area contributed by atoms with E-state index in [-0.39, 0.29) is 31.1 Å². The molecule has 0 aromatic carbocycles. The van der Waals surface area contributed by atoms with E-state index >= 15 is 0 Å². The number of esters is 3. The summed E-state index contributed by atoms with van der Waals surface area (Å²) >= 11 is 0. The molecule has 0 amide bonds. The average molecular weight is 946 g/mol. The Hall–Kier alpha value is -1.85. The third-order valence-corrected chi connectivity index (χ3v) is 13.8. The van der Waals surface area contributed by atoms with Gasteiger partial charge in [-0.25, -0.2) is 0 Å². The molecule has 0 radical (unpaired) electrons. The number of ether oxygens (including phenoxy) is 3. The molecule has 0 saturated heterocycles. The summed E-state index contributed by atoms with van der Waals surface area (Å²) in [5.74, 6) is -0.851. The van der Waals surface area contributed by atoms with Gasteiger partial charge < -0.3 is 14.2 Å². The van der Waals surface area contributed by atoms with Crippen LogP contribution in [0.5, 0.6) is 0 Å². The standard InChI is InChI=1S/C61H116O6/c1-4-7-10-13-16-18-20-21-22-23-24-25-26-27-28-29-30-31-32-33-34-35-36-37-38-39-41-42-45-48-51-54-60(63)66-57-58(56-65-59(62)53-50-47-44-15-12-9-6-3)67-61(64)55-52-49-46-43-40-19-17-14-11-8-5-2/h23-24,58H,4-22,25-57H2,1-3H3/b24-23-. The lowest BCUT2D eigenvalue weighted by atomic mass is 10.0. The molecule has 396 valence electrons. The summed E-state index contributed by atoms with van der Waals surface area (Å²) in [5, 5.41) is 0. The normalized spacial score (nSPS) is 12.0. The molecule has 1 unspecified atom stereocenters. The Kier molecular flexibility index (Phi) is 55.2. The van der Waals surface area contributed by atoms with E-state index in [1.807, 2.05) is 0 Å². The lowest BCUT2D eigenvalue weighted by Crippen LogP contribution is -2.30. The van der Waals surface area contributed by atoms with Crippen LogP contribution in [0.2, 0.25) is 0 Å². The second-order valence-electron chi connectivity index (χ2n) is 20.6. The Morgan fingerprint density at radius 1 is 0.284 bits per heavy atom. The second kappa shape index (κ2) is 56.7. The summed E-state index contributed by atoms with van der Waals surface area (Å²) in [5.41, 5.74) is 0. The predicted octanol–water partition coefficient (Wildman–Crippen LogP) is 20.1. The zero-order chi connectivity index (χ0) is 48.6. The first kappa shape index (κ1) is 65.1. The van der Waals surface area contributed by atoms with Crippen LogP contribution in [-0.2, 0) is 28.6 Å². The van der Waals surface area contributed by atoms with Crippen molar-refractivity contribution in [2.24, 2.45) is 0 Å². The van der Waals surface area contributed by atoms with E-state index in [1.165, 1.54) is 244 Å². The summed E-state index contributed by atoms with van der Waals surface area (Å²) in [6.45, 7) is 6.63. The van der Waals surface area contributed by atoms with Gasteiger partial charge in [-0.05, 0) is 44.9 Å². The quantitative estimate of drug-likeness (QED) is 0.0262. The minimum Gasteiger partial charge on any atom is -0.462 e. The molecule has 0 bridgehead atoms. The summed E-state index contributed by atoms with van der Waals surface area (Å²) in [6, 6.07) is 0. The van der Waals surface area contributed by atoms with E-state index in [0.29, 0.717) is 19.3 Å². The van der Waals surface area contributed by atoms with Crippen LogP contribution in [0.15, 0.2) is 12.2 Å². The Morgan fingerprint density at radius 2 is 0.493 bits per heavy atom. The highest BCUT2D eigenvalue weighted by Gasteiger charge is 2.19. The molecule has 0 fully saturated rings. The zero-order valence-corrected chi connectivity index (χ0v) is 45.5. The van der Waals surface area contributed by atoms with Crippen molar-refractivity contribution in [3.63, 3.8) is 0 Å².